The molecule has 1 heterocycles. The standard InChI is InChI=1S/C18H22F3N3O/c1-17(2,3)15(11-25)23-10-14-8-9-22-16(24-14)12-4-6-13(7-5-12)18(19,20)21/h4-9,15,23,25H,10-11H2,1-3H3/t15-/m0/s1. The molecule has 1 aromatic carbocycles. The maximum absolute atomic E-state index is 12.6. The molecule has 7 heteroatoms. The Balaban J connectivity index is 2.13. The fraction of sp³-hybridized carbons (Fsp3) is 0.444. The van der Waals surface area contributed by atoms with E-state index in [0.717, 1.165) is 12.1 Å². The average molecular weight is 353 g/mol. The van der Waals surface area contributed by atoms with Gasteiger partial charge in [0.25, 0.3) is 0 Å². The van der Waals surface area contributed by atoms with Crippen molar-refractivity contribution in [1.29, 1.82) is 0 Å². The van der Waals surface area contributed by atoms with E-state index in [1.165, 1.54) is 12.1 Å². The number of hydrogen-bond acceptors (Lipinski definition) is 4. The van der Waals surface area contributed by atoms with Gasteiger partial charge in [-0.15, -0.1) is 0 Å². The molecule has 0 saturated carbocycles. The predicted octanol–water partition coefficient (Wildman–Crippen LogP) is 3.66. The molecule has 136 valence electrons. The summed E-state index contributed by atoms with van der Waals surface area (Å²) < 4.78 is 37.9. The number of hydrogen-bond donors (Lipinski definition) is 2. The number of nitrogens with zero attached hydrogens (tertiary/aromatic N) is 2. The van der Waals surface area contributed by atoms with Gasteiger partial charge in [-0.25, -0.2) is 9.97 Å². The highest BCUT2D eigenvalue weighted by atomic mass is 19.4. The van der Waals surface area contributed by atoms with Gasteiger partial charge in [-0.2, -0.15) is 13.2 Å². The van der Waals surface area contributed by atoms with Gasteiger partial charge in [-0.05, 0) is 23.6 Å². The van der Waals surface area contributed by atoms with Crippen LogP contribution in [-0.4, -0.2) is 27.7 Å². The Hall–Kier alpha value is -1.99. The molecule has 2 rings (SSSR count). The Labute approximate surface area is 145 Å². The van der Waals surface area contributed by atoms with Crippen LogP contribution in [-0.2, 0) is 12.7 Å². The van der Waals surface area contributed by atoms with Gasteiger partial charge in [0.1, 0.15) is 0 Å². The van der Waals surface area contributed by atoms with Crippen LogP contribution >= 0.6 is 0 Å². The highest BCUT2D eigenvalue weighted by Crippen LogP contribution is 2.30. The smallest absolute Gasteiger partial charge is 0.395 e. The van der Waals surface area contributed by atoms with E-state index in [9.17, 15) is 18.3 Å². The lowest BCUT2D eigenvalue weighted by Gasteiger charge is -2.29. The molecule has 1 atom stereocenters. The first-order valence-corrected chi connectivity index (χ1v) is 7.95. The minimum absolute atomic E-state index is 0.000342. The Morgan fingerprint density at radius 3 is 2.24 bits per heavy atom. The highest BCUT2D eigenvalue weighted by Gasteiger charge is 2.30. The van der Waals surface area contributed by atoms with Gasteiger partial charge in [0, 0.05) is 24.3 Å². The lowest BCUT2D eigenvalue weighted by Crippen LogP contribution is -2.42. The lowest BCUT2D eigenvalue weighted by molar-refractivity contribution is -0.137. The van der Waals surface area contributed by atoms with Crippen LogP contribution in [0.15, 0.2) is 36.5 Å². The summed E-state index contributed by atoms with van der Waals surface area (Å²) in [6, 6.07) is 6.40. The zero-order valence-electron chi connectivity index (χ0n) is 14.4. The Bertz CT molecular complexity index is 694. The molecule has 4 nitrogen and oxygen atoms in total. The molecule has 0 aliphatic carbocycles. The summed E-state index contributed by atoms with van der Waals surface area (Å²) in [5, 5.41) is 12.7. The van der Waals surface area contributed by atoms with Gasteiger partial charge in [0.05, 0.1) is 17.9 Å². The summed E-state index contributed by atoms with van der Waals surface area (Å²) in [7, 11) is 0. The Morgan fingerprint density at radius 1 is 1.08 bits per heavy atom. The third kappa shape index (κ3) is 5.24. The van der Waals surface area contributed by atoms with Crippen LogP contribution in [0.4, 0.5) is 13.2 Å². The van der Waals surface area contributed by atoms with Crippen molar-refractivity contribution in [1.82, 2.24) is 15.3 Å². The van der Waals surface area contributed by atoms with Crippen LogP contribution in [0.3, 0.4) is 0 Å². The maximum atomic E-state index is 12.6. The molecule has 0 bridgehead atoms. The number of nitrogens with one attached hydrogen (secondary N) is 1. The maximum Gasteiger partial charge on any atom is 0.416 e. The monoisotopic (exact) mass is 353 g/mol. The second kappa shape index (κ2) is 7.49. The first-order valence-electron chi connectivity index (χ1n) is 7.95. The summed E-state index contributed by atoms with van der Waals surface area (Å²) in [6.07, 6.45) is -2.79. The van der Waals surface area contributed by atoms with Crippen molar-refractivity contribution in [3.63, 3.8) is 0 Å². The van der Waals surface area contributed by atoms with Gasteiger partial charge in [-0.1, -0.05) is 32.9 Å². The lowest BCUT2D eigenvalue weighted by atomic mass is 9.87. The van der Waals surface area contributed by atoms with Crippen molar-refractivity contribution in [2.24, 2.45) is 5.41 Å². The SMILES string of the molecule is CC(C)(C)[C@H](CO)NCc1ccnc(-c2ccc(C(F)(F)F)cc2)n1. The van der Waals surface area contributed by atoms with Gasteiger partial charge in [0.2, 0.25) is 0 Å². The fourth-order valence-corrected chi connectivity index (χ4v) is 2.31. The molecule has 2 aromatic rings. The van der Waals surface area contributed by atoms with Crippen LogP contribution in [0.25, 0.3) is 11.4 Å². The van der Waals surface area contributed by atoms with Gasteiger partial charge in [-0.3, -0.25) is 0 Å². The van der Waals surface area contributed by atoms with E-state index in [2.05, 4.69) is 15.3 Å². The summed E-state index contributed by atoms with van der Waals surface area (Å²) in [5.41, 5.74) is 0.403. The summed E-state index contributed by atoms with van der Waals surface area (Å²) in [6.45, 7) is 6.50. The highest BCUT2D eigenvalue weighted by molar-refractivity contribution is 5.55. The van der Waals surface area contributed by atoms with E-state index in [0.29, 0.717) is 23.6 Å². The molecular weight excluding hydrogens is 331 g/mol. The van der Waals surface area contributed by atoms with Gasteiger partial charge >= 0.3 is 6.18 Å². The van der Waals surface area contributed by atoms with Crippen molar-refractivity contribution in [3.05, 3.63) is 47.8 Å². The molecule has 1 aromatic heterocycles. The summed E-state index contributed by atoms with van der Waals surface area (Å²) >= 11 is 0. The second-order valence-corrected chi connectivity index (χ2v) is 6.93. The van der Waals surface area contributed by atoms with E-state index in [-0.39, 0.29) is 18.1 Å². The molecule has 25 heavy (non-hydrogen) atoms. The van der Waals surface area contributed by atoms with Crippen molar-refractivity contribution in [2.45, 2.75) is 39.5 Å². The molecular formula is C18H22F3N3O. The molecule has 0 saturated heterocycles. The first-order chi connectivity index (χ1) is 11.6. The number of aliphatic hydroxyl groups is 1. The number of alkyl halides is 3. The molecule has 0 aliphatic rings. The molecule has 0 amide bonds. The minimum Gasteiger partial charge on any atom is -0.395 e. The molecule has 0 radical (unpaired) electrons. The quantitative estimate of drug-likeness (QED) is 0.861. The third-order valence-electron chi connectivity index (χ3n) is 3.94. The Kier molecular flexibility index (Phi) is 5.80. The Morgan fingerprint density at radius 2 is 1.72 bits per heavy atom. The zero-order chi connectivity index (χ0) is 18.7. The van der Waals surface area contributed by atoms with Crippen LogP contribution in [0, 0.1) is 5.41 Å². The van der Waals surface area contributed by atoms with Gasteiger partial charge in [0.15, 0.2) is 5.82 Å². The molecule has 0 aliphatic heterocycles. The number of rotatable bonds is 5. The van der Waals surface area contributed by atoms with Crippen LogP contribution in [0.1, 0.15) is 32.0 Å². The second-order valence-electron chi connectivity index (χ2n) is 6.93. The van der Waals surface area contributed by atoms with E-state index in [1.807, 2.05) is 20.8 Å². The van der Waals surface area contributed by atoms with Crippen LogP contribution < -0.4 is 5.32 Å². The molecule has 0 spiro atoms. The molecule has 0 fully saturated rings. The third-order valence-corrected chi connectivity index (χ3v) is 3.94. The van der Waals surface area contributed by atoms with Crippen LogP contribution in [0.2, 0.25) is 0 Å². The van der Waals surface area contributed by atoms with Crippen molar-refractivity contribution >= 4 is 0 Å². The molecule has 2 N–H and O–H groups in total. The van der Waals surface area contributed by atoms with E-state index < -0.39 is 11.7 Å². The zero-order valence-corrected chi connectivity index (χ0v) is 14.4. The van der Waals surface area contributed by atoms with Crippen molar-refractivity contribution in [2.75, 3.05) is 6.61 Å². The predicted molar refractivity (Wildman–Crippen MR) is 89.6 cm³/mol. The topological polar surface area (TPSA) is 58.0 Å². The fourth-order valence-electron chi connectivity index (χ4n) is 2.31. The summed E-state index contributed by atoms with van der Waals surface area (Å²) in [5.74, 6) is 0.365. The number of aliphatic hydroxyl groups excluding tert-OH is 1. The normalized spacial score (nSPS) is 13.7. The number of halogens is 3. The van der Waals surface area contributed by atoms with Crippen molar-refractivity contribution in [3.8, 4) is 11.4 Å². The summed E-state index contributed by atoms with van der Waals surface area (Å²) in [4.78, 5) is 8.51. The van der Waals surface area contributed by atoms with E-state index >= 15 is 0 Å². The number of aromatic nitrogens is 2. The van der Waals surface area contributed by atoms with Crippen LogP contribution in [0.5, 0.6) is 0 Å². The molecule has 0 unspecified atom stereocenters. The average Bonchev–Trinajstić information content (AvgIpc) is 2.54. The van der Waals surface area contributed by atoms with E-state index in [1.54, 1.807) is 12.3 Å². The van der Waals surface area contributed by atoms with Gasteiger partial charge < -0.3 is 10.4 Å². The van der Waals surface area contributed by atoms with E-state index in [4.69, 9.17) is 0 Å². The number of benzene rings is 1. The first kappa shape index (κ1) is 19.3. The largest absolute Gasteiger partial charge is 0.416 e. The minimum atomic E-state index is -4.36. The van der Waals surface area contributed by atoms with Crippen molar-refractivity contribution < 1.29 is 18.3 Å².